The molecule has 2 aromatic heterocycles. The van der Waals surface area contributed by atoms with E-state index in [0.717, 1.165) is 11.6 Å². The number of nitrogens with one attached hydrogen (secondary N) is 1. The molecule has 0 spiro atoms. The Kier molecular flexibility index (Phi) is 7.38. The van der Waals surface area contributed by atoms with Crippen LogP contribution in [0, 0.1) is 23.0 Å². The number of hydrogen-bond acceptors (Lipinski definition) is 5. The second kappa shape index (κ2) is 11.0. The van der Waals surface area contributed by atoms with Gasteiger partial charge in [-0.2, -0.15) is 5.26 Å². The lowest BCUT2D eigenvalue weighted by atomic mass is 10.0. The lowest BCUT2D eigenvalue weighted by molar-refractivity contribution is -0.107. The van der Waals surface area contributed by atoms with Crippen molar-refractivity contribution in [1.82, 2.24) is 9.97 Å². The van der Waals surface area contributed by atoms with Gasteiger partial charge < -0.3 is 10.2 Å². The SMILES string of the molecule is N#Cc1ccccc1-c1ccc(N(C=O)Cc2cccnc2)c(NCCc2cccc(F)c2F)n1. The Bertz CT molecular complexity index is 1370. The van der Waals surface area contributed by atoms with Crippen LogP contribution in [-0.4, -0.2) is 22.9 Å². The summed E-state index contributed by atoms with van der Waals surface area (Å²) in [6, 6.07) is 20.4. The average Bonchev–Trinajstić information content (AvgIpc) is 2.90. The summed E-state index contributed by atoms with van der Waals surface area (Å²) in [5.41, 5.74) is 3.20. The zero-order valence-corrected chi connectivity index (χ0v) is 18.7. The highest BCUT2D eigenvalue weighted by atomic mass is 19.2. The molecule has 4 rings (SSSR count). The van der Waals surface area contributed by atoms with Gasteiger partial charge in [0.25, 0.3) is 0 Å². The highest BCUT2D eigenvalue weighted by Gasteiger charge is 2.16. The van der Waals surface area contributed by atoms with Crippen LogP contribution in [0.4, 0.5) is 20.3 Å². The maximum absolute atomic E-state index is 14.1. The molecule has 0 fully saturated rings. The fraction of sp³-hybridized carbons (Fsp3) is 0.111. The Morgan fingerprint density at radius 3 is 2.66 bits per heavy atom. The van der Waals surface area contributed by atoms with Crippen molar-refractivity contribution >= 4 is 17.9 Å². The Morgan fingerprint density at radius 2 is 1.89 bits per heavy atom. The average molecular weight is 469 g/mol. The van der Waals surface area contributed by atoms with Gasteiger partial charge in [0.05, 0.1) is 29.6 Å². The second-order valence-corrected chi connectivity index (χ2v) is 7.71. The lowest BCUT2D eigenvalue weighted by Crippen LogP contribution is -2.23. The first-order chi connectivity index (χ1) is 17.1. The monoisotopic (exact) mass is 469 g/mol. The molecule has 0 saturated carbocycles. The molecule has 0 radical (unpaired) electrons. The molecular weight excluding hydrogens is 448 g/mol. The minimum atomic E-state index is -0.903. The summed E-state index contributed by atoms with van der Waals surface area (Å²) in [6.45, 7) is 0.504. The number of benzene rings is 2. The van der Waals surface area contributed by atoms with E-state index in [0.29, 0.717) is 34.7 Å². The third-order valence-electron chi connectivity index (χ3n) is 5.43. The van der Waals surface area contributed by atoms with Crippen LogP contribution in [0.3, 0.4) is 0 Å². The van der Waals surface area contributed by atoms with Gasteiger partial charge in [0.1, 0.15) is 0 Å². The van der Waals surface area contributed by atoms with Gasteiger partial charge in [-0.1, -0.05) is 36.4 Å². The Labute approximate surface area is 201 Å². The van der Waals surface area contributed by atoms with Crippen LogP contribution >= 0.6 is 0 Å². The molecule has 6 nitrogen and oxygen atoms in total. The molecule has 4 aromatic rings. The van der Waals surface area contributed by atoms with E-state index in [1.54, 1.807) is 48.8 Å². The van der Waals surface area contributed by atoms with Crippen LogP contribution in [0.5, 0.6) is 0 Å². The second-order valence-electron chi connectivity index (χ2n) is 7.71. The summed E-state index contributed by atoms with van der Waals surface area (Å²) in [7, 11) is 0. The van der Waals surface area contributed by atoms with Gasteiger partial charge in [0.15, 0.2) is 17.5 Å². The van der Waals surface area contributed by atoms with Crippen molar-refractivity contribution in [3.8, 4) is 17.3 Å². The van der Waals surface area contributed by atoms with Crippen molar-refractivity contribution in [3.63, 3.8) is 0 Å². The topological polar surface area (TPSA) is 81.9 Å². The molecule has 0 bridgehead atoms. The molecule has 0 atom stereocenters. The number of hydrogen-bond donors (Lipinski definition) is 1. The lowest BCUT2D eigenvalue weighted by Gasteiger charge is -2.22. The molecule has 8 heteroatoms. The van der Waals surface area contributed by atoms with Gasteiger partial charge >= 0.3 is 0 Å². The zero-order valence-electron chi connectivity index (χ0n) is 18.7. The number of nitriles is 1. The quantitative estimate of drug-likeness (QED) is 0.345. The predicted molar refractivity (Wildman–Crippen MR) is 129 cm³/mol. The first kappa shape index (κ1) is 23.5. The number of carbonyl (C=O) groups is 1. The first-order valence-corrected chi connectivity index (χ1v) is 10.9. The molecule has 1 N–H and O–H groups in total. The first-order valence-electron chi connectivity index (χ1n) is 10.9. The van der Waals surface area contributed by atoms with E-state index >= 15 is 0 Å². The van der Waals surface area contributed by atoms with E-state index in [-0.39, 0.29) is 25.1 Å². The fourth-order valence-electron chi connectivity index (χ4n) is 3.69. The molecule has 0 aliphatic rings. The van der Waals surface area contributed by atoms with Crippen LogP contribution in [0.15, 0.2) is 79.1 Å². The standard InChI is InChI=1S/C27H21F2N5O/c28-23-9-3-7-20(26(23)29)12-14-32-27-25(34(18-35)17-19-5-4-13-31-16-19)11-10-24(33-27)22-8-2-1-6-21(22)15-30/h1-11,13,16,18H,12,14,17H2,(H,32,33). The summed E-state index contributed by atoms with van der Waals surface area (Å²) in [5, 5.41) is 12.6. The molecular formula is C27H21F2N5O. The summed E-state index contributed by atoms with van der Waals surface area (Å²) in [4.78, 5) is 22.3. The summed E-state index contributed by atoms with van der Waals surface area (Å²) in [6.07, 6.45) is 4.22. The smallest absolute Gasteiger partial charge is 0.214 e. The van der Waals surface area contributed by atoms with Crippen molar-refractivity contribution in [2.75, 3.05) is 16.8 Å². The van der Waals surface area contributed by atoms with Crippen LogP contribution < -0.4 is 10.2 Å². The van der Waals surface area contributed by atoms with E-state index < -0.39 is 11.6 Å². The number of carbonyl (C=O) groups excluding carboxylic acids is 1. The minimum absolute atomic E-state index is 0.202. The van der Waals surface area contributed by atoms with Crippen molar-refractivity contribution in [2.45, 2.75) is 13.0 Å². The number of halogens is 2. The number of nitrogens with zero attached hydrogens (tertiary/aromatic N) is 4. The van der Waals surface area contributed by atoms with E-state index in [4.69, 9.17) is 0 Å². The predicted octanol–water partition coefficient (Wildman–Crippen LogP) is 5.11. The molecule has 1 amide bonds. The van der Waals surface area contributed by atoms with Gasteiger partial charge in [-0.05, 0) is 47.9 Å². The molecule has 0 aliphatic heterocycles. The number of pyridine rings is 2. The van der Waals surface area contributed by atoms with E-state index in [1.165, 1.54) is 17.0 Å². The summed E-state index contributed by atoms with van der Waals surface area (Å²) in [5.74, 6) is -1.41. The van der Waals surface area contributed by atoms with Gasteiger partial charge in [-0.25, -0.2) is 13.8 Å². The van der Waals surface area contributed by atoms with Crippen molar-refractivity contribution in [2.24, 2.45) is 0 Å². The summed E-state index contributed by atoms with van der Waals surface area (Å²) >= 11 is 0. The van der Waals surface area contributed by atoms with Crippen molar-refractivity contribution in [3.05, 3.63) is 107 Å². The highest BCUT2D eigenvalue weighted by Crippen LogP contribution is 2.30. The largest absolute Gasteiger partial charge is 0.368 e. The van der Waals surface area contributed by atoms with Gasteiger partial charge in [0.2, 0.25) is 6.41 Å². The van der Waals surface area contributed by atoms with E-state index in [2.05, 4.69) is 21.4 Å². The molecule has 2 heterocycles. The Balaban J connectivity index is 1.67. The van der Waals surface area contributed by atoms with Gasteiger partial charge in [0, 0.05) is 24.5 Å². The third-order valence-corrected chi connectivity index (χ3v) is 5.43. The molecule has 35 heavy (non-hydrogen) atoms. The highest BCUT2D eigenvalue weighted by molar-refractivity contribution is 5.83. The number of rotatable bonds is 9. The van der Waals surface area contributed by atoms with E-state index in [9.17, 15) is 18.8 Å². The van der Waals surface area contributed by atoms with E-state index in [1.807, 2.05) is 12.1 Å². The van der Waals surface area contributed by atoms with Crippen molar-refractivity contribution in [1.29, 1.82) is 5.26 Å². The van der Waals surface area contributed by atoms with Crippen LogP contribution in [0.25, 0.3) is 11.3 Å². The van der Waals surface area contributed by atoms with Crippen molar-refractivity contribution < 1.29 is 13.6 Å². The van der Waals surface area contributed by atoms with Crippen LogP contribution in [-0.2, 0) is 17.8 Å². The maximum Gasteiger partial charge on any atom is 0.214 e. The maximum atomic E-state index is 14.1. The molecule has 0 saturated heterocycles. The number of aromatic nitrogens is 2. The van der Waals surface area contributed by atoms with Gasteiger partial charge in [-0.3, -0.25) is 9.78 Å². The minimum Gasteiger partial charge on any atom is -0.368 e. The third kappa shape index (κ3) is 5.47. The molecule has 0 unspecified atom stereocenters. The van der Waals surface area contributed by atoms with Crippen LogP contribution in [0.2, 0.25) is 0 Å². The Hall–Kier alpha value is -4.64. The molecule has 2 aromatic carbocycles. The normalized spacial score (nSPS) is 10.4. The summed E-state index contributed by atoms with van der Waals surface area (Å²) < 4.78 is 27.7. The van der Waals surface area contributed by atoms with Gasteiger partial charge in [-0.15, -0.1) is 0 Å². The number of anilines is 2. The fourth-order valence-corrected chi connectivity index (χ4v) is 3.69. The molecule has 174 valence electrons. The van der Waals surface area contributed by atoms with Crippen LogP contribution in [0.1, 0.15) is 16.7 Å². The zero-order chi connectivity index (χ0) is 24.6. The molecule has 0 aliphatic carbocycles. The number of amides is 1. The Morgan fingerprint density at radius 1 is 1.03 bits per heavy atom.